The van der Waals surface area contributed by atoms with Crippen molar-refractivity contribution < 1.29 is 0 Å². The predicted molar refractivity (Wildman–Crippen MR) is 66.0 cm³/mol. The van der Waals surface area contributed by atoms with Crippen LogP contribution < -0.4 is 10.6 Å². The normalized spacial score (nSPS) is 17.5. The molecule has 0 aliphatic heterocycles. The first kappa shape index (κ1) is 10.9. The molecule has 1 unspecified atom stereocenters. The Hall–Kier alpha value is -0.610. The van der Waals surface area contributed by atoms with Crippen molar-refractivity contribution in [3.8, 4) is 0 Å². The van der Waals surface area contributed by atoms with Gasteiger partial charge in [0.25, 0.3) is 0 Å². The van der Waals surface area contributed by atoms with Gasteiger partial charge in [0.15, 0.2) is 0 Å². The zero-order chi connectivity index (χ0) is 10.8. The van der Waals surface area contributed by atoms with E-state index >= 15 is 0 Å². The van der Waals surface area contributed by atoms with Gasteiger partial charge in [0.2, 0.25) is 0 Å². The number of hydrogen-bond acceptors (Lipinski definition) is 3. The summed E-state index contributed by atoms with van der Waals surface area (Å²) < 4.78 is 1.05. The van der Waals surface area contributed by atoms with E-state index in [-0.39, 0.29) is 6.04 Å². The van der Waals surface area contributed by atoms with Crippen LogP contribution >= 0.6 is 15.9 Å². The van der Waals surface area contributed by atoms with E-state index in [2.05, 4.69) is 25.8 Å². The van der Waals surface area contributed by atoms with Gasteiger partial charge < -0.3 is 10.6 Å². The smallest absolute Gasteiger partial charge is 0.143 e. The van der Waals surface area contributed by atoms with Crippen LogP contribution in [0.3, 0.4) is 0 Å². The van der Waals surface area contributed by atoms with Crippen molar-refractivity contribution >= 4 is 21.7 Å². The average molecular weight is 270 g/mol. The largest absolute Gasteiger partial charge is 0.351 e. The molecule has 2 N–H and O–H groups in total. The maximum atomic E-state index is 5.86. The summed E-state index contributed by atoms with van der Waals surface area (Å²) in [5, 5.41) is 0. The maximum absolute atomic E-state index is 5.86. The molecule has 0 aromatic carbocycles. The average Bonchev–Trinajstić information content (AvgIpc) is 2.98. The first-order valence-electron chi connectivity index (χ1n) is 5.31. The molecule has 15 heavy (non-hydrogen) atoms. The Morgan fingerprint density at radius 2 is 2.40 bits per heavy atom. The topological polar surface area (TPSA) is 42.1 Å². The van der Waals surface area contributed by atoms with Gasteiger partial charge in [-0.25, -0.2) is 4.98 Å². The number of halogens is 1. The molecule has 4 heteroatoms. The number of hydrogen-bond donors (Lipinski definition) is 1. The Morgan fingerprint density at radius 1 is 1.67 bits per heavy atom. The highest BCUT2D eigenvalue weighted by molar-refractivity contribution is 9.10. The van der Waals surface area contributed by atoms with Gasteiger partial charge in [0, 0.05) is 24.8 Å². The number of pyridine rings is 1. The summed E-state index contributed by atoms with van der Waals surface area (Å²) >= 11 is 3.54. The minimum Gasteiger partial charge on any atom is -0.351 e. The molecule has 1 aromatic heterocycles. The lowest BCUT2D eigenvalue weighted by molar-refractivity contribution is 0.666. The van der Waals surface area contributed by atoms with Gasteiger partial charge >= 0.3 is 0 Å². The monoisotopic (exact) mass is 269 g/mol. The first-order valence-corrected chi connectivity index (χ1v) is 6.10. The van der Waals surface area contributed by atoms with E-state index in [1.165, 1.54) is 12.8 Å². The van der Waals surface area contributed by atoms with Crippen LogP contribution in [0.15, 0.2) is 22.8 Å². The molecule has 0 radical (unpaired) electrons. The van der Waals surface area contributed by atoms with Crippen molar-refractivity contribution in [3.63, 3.8) is 0 Å². The molecule has 1 atom stereocenters. The third-order valence-corrected chi connectivity index (χ3v) is 3.10. The fourth-order valence-corrected chi connectivity index (χ4v) is 2.18. The minimum atomic E-state index is 0.180. The van der Waals surface area contributed by atoms with Crippen LogP contribution in [0.4, 0.5) is 5.82 Å². The summed E-state index contributed by atoms with van der Waals surface area (Å²) in [6.45, 7) is 2.91. The van der Waals surface area contributed by atoms with Crippen LogP contribution in [0, 0.1) is 0 Å². The Kier molecular flexibility index (Phi) is 3.26. The van der Waals surface area contributed by atoms with Gasteiger partial charge in [-0.15, -0.1) is 0 Å². The summed E-state index contributed by atoms with van der Waals surface area (Å²) in [4.78, 5) is 6.73. The van der Waals surface area contributed by atoms with Crippen LogP contribution in [0.1, 0.15) is 19.8 Å². The van der Waals surface area contributed by atoms with E-state index in [1.807, 2.05) is 25.3 Å². The molecule has 82 valence electrons. The van der Waals surface area contributed by atoms with Gasteiger partial charge in [-0.2, -0.15) is 0 Å². The molecular formula is C11H16BrN3. The van der Waals surface area contributed by atoms with Crippen LogP contribution in [-0.2, 0) is 0 Å². The van der Waals surface area contributed by atoms with Crippen molar-refractivity contribution in [1.82, 2.24) is 4.98 Å². The van der Waals surface area contributed by atoms with E-state index < -0.39 is 0 Å². The second-order valence-corrected chi connectivity index (χ2v) is 5.02. The Balaban J connectivity index is 2.20. The van der Waals surface area contributed by atoms with Gasteiger partial charge in [0.05, 0.1) is 4.47 Å². The third kappa shape index (κ3) is 2.69. The fourth-order valence-electron chi connectivity index (χ4n) is 1.69. The van der Waals surface area contributed by atoms with E-state index in [0.29, 0.717) is 6.04 Å². The molecule has 1 aromatic rings. The highest BCUT2D eigenvalue weighted by Crippen LogP contribution is 2.34. The second kappa shape index (κ2) is 4.49. The fraction of sp³-hybridized carbons (Fsp3) is 0.545. The molecule has 1 heterocycles. The van der Waals surface area contributed by atoms with Crippen molar-refractivity contribution in [2.24, 2.45) is 5.73 Å². The van der Waals surface area contributed by atoms with Crippen molar-refractivity contribution in [2.45, 2.75) is 31.8 Å². The summed E-state index contributed by atoms with van der Waals surface area (Å²) in [6, 6.07) is 4.78. The summed E-state index contributed by atoms with van der Waals surface area (Å²) in [5.41, 5.74) is 5.86. The lowest BCUT2D eigenvalue weighted by Gasteiger charge is -2.26. The number of rotatable bonds is 4. The first-order chi connectivity index (χ1) is 7.18. The van der Waals surface area contributed by atoms with Crippen molar-refractivity contribution in [2.75, 3.05) is 11.4 Å². The zero-order valence-corrected chi connectivity index (χ0v) is 10.4. The molecule has 0 amide bonds. The van der Waals surface area contributed by atoms with Crippen LogP contribution in [-0.4, -0.2) is 23.6 Å². The molecule has 1 aliphatic carbocycles. The van der Waals surface area contributed by atoms with Gasteiger partial charge in [-0.1, -0.05) is 0 Å². The highest BCUT2D eigenvalue weighted by atomic mass is 79.9. The third-order valence-electron chi connectivity index (χ3n) is 2.48. The molecular weight excluding hydrogens is 254 g/mol. The molecule has 2 rings (SSSR count). The Morgan fingerprint density at radius 3 is 2.93 bits per heavy atom. The van der Waals surface area contributed by atoms with E-state index in [9.17, 15) is 0 Å². The molecule has 3 nitrogen and oxygen atoms in total. The number of nitrogens with zero attached hydrogens (tertiary/aromatic N) is 2. The molecule has 0 bridgehead atoms. The minimum absolute atomic E-state index is 0.180. The molecule has 1 fully saturated rings. The number of aromatic nitrogens is 1. The molecule has 1 saturated carbocycles. The maximum Gasteiger partial charge on any atom is 0.143 e. The standard InChI is InChI=1S/C11H16BrN3/c1-8(13)7-15(9-4-5-9)11-10(12)3-2-6-14-11/h2-3,6,8-9H,4-5,7,13H2,1H3. The highest BCUT2D eigenvalue weighted by Gasteiger charge is 2.31. The summed E-state index contributed by atoms with van der Waals surface area (Å²) in [7, 11) is 0. The summed E-state index contributed by atoms with van der Waals surface area (Å²) in [5.74, 6) is 1.03. The van der Waals surface area contributed by atoms with Crippen molar-refractivity contribution in [1.29, 1.82) is 0 Å². The van der Waals surface area contributed by atoms with E-state index in [1.54, 1.807) is 0 Å². The zero-order valence-electron chi connectivity index (χ0n) is 8.86. The quantitative estimate of drug-likeness (QED) is 0.911. The molecule has 0 saturated heterocycles. The van der Waals surface area contributed by atoms with Gasteiger partial charge in [-0.3, -0.25) is 0 Å². The number of nitrogens with two attached hydrogens (primary N) is 1. The SMILES string of the molecule is CC(N)CN(c1ncccc1Br)C1CC1. The van der Waals surface area contributed by atoms with Crippen LogP contribution in [0.5, 0.6) is 0 Å². The van der Waals surface area contributed by atoms with Crippen LogP contribution in [0.2, 0.25) is 0 Å². The molecule has 0 spiro atoms. The van der Waals surface area contributed by atoms with Crippen molar-refractivity contribution in [3.05, 3.63) is 22.8 Å². The van der Waals surface area contributed by atoms with Gasteiger partial charge in [-0.05, 0) is 47.8 Å². The van der Waals surface area contributed by atoms with Gasteiger partial charge in [0.1, 0.15) is 5.82 Å². The van der Waals surface area contributed by atoms with Crippen LogP contribution in [0.25, 0.3) is 0 Å². The molecule has 1 aliphatic rings. The Bertz CT molecular complexity index is 336. The lowest BCUT2D eigenvalue weighted by Crippen LogP contribution is -2.37. The second-order valence-electron chi connectivity index (χ2n) is 4.17. The predicted octanol–water partition coefficient (Wildman–Crippen LogP) is 2.16. The Labute approximate surface area is 98.8 Å². The number of anilines is 1. The summed E-state index contributed by atoms with van der Waals surface area (Å²) in [6.07, 6.45) is 4.35. The van der Waals surface area contributed by atoms with E-state index in [4.69, 9.17) is 5.73 Å². The lowest BCUT2D eigenvalue weighted by atomic mass is 10.3. The van der Waals surface area contributed by atoms with E-state index in [0.717, 1.165) is 16.8 Å².